The number of H-pyrrole nitrogens is 1. The Kier molecular flexibility index (Phi) is 3.61. The quantitative estimate of drug-likeness (QED) is 0.602. The smallest absolute Gasteiger partial charge is 0.274 e. The van der Waals surface area contributed by atoms with Crippen LogP contribution in [0.5, 0.6) is 0 Å². The van der Waals surface area contributed by atoms with Crippen molar-refractivity contribution in [1.29, 1.82) is 0 Å². The minimum atomic E-state index is -0.201. The first-order valence-corrected chi connectivity index (χ1v) is 8.07. The second kappa shape index (κ2) is 5.94. The number of nitrogens with zero attached hydrogens (tertiary/aromatic N) is 1. The average molecular weight is 335 g/mol. The molecule has 25 heavy (non-hydrogen) atoms. The van der Waals surface area contributed by atoms with E-state index in [2.05, 4.69) is 22.4 Å². The summed E-state index contributed by atoms with van der Waals surface area (Å²) in [5, 5.41) is 5.87. The molecular formula is C20H21N3O2. The summed E-state index contributed by atoms with van der Waals surface area (Å²) in [6.45, 7) is 0.426. The summed E-state index contributed by atoms with van der Waals surface area (Å²) in [6.07, 6.45) is 3.25. The first-order chi connectivity index (χ1) is 12.1. The normalized spacial score (nSPS) is 11.1. The molecule has 0 saturated heterocycles. The van der Waals surface area contributed by atoms with Crippen LogP contribution in [0.25, 0.3) is 21.7 Å². The standard InChI is InChI=1S/C20H17N3O2.2H2/c1-23-12-17(16-9-10-21-18(16)20(23)25)19(24)22-11-14-7-4-6-13-5-2-3-8-15(13)14;;/h2-10,12,21H,11H2,1H3,(H,22,24);2*1H. The number of rotatable bonds is 3. The number of hydrogen-bond acceptors (Lipinski definition) is 2. The van der Waals surface area contributed by atoms with Gasteiger partial charge in [0.05, 0.1) is 5.56 Å². The van der Waals surface area contributed by atoms with Crippen molar-refractivity contribution in [3.63, 3.8) is 0 Å². The summed E-state index contributed by atoms with van der Waals surface area (Å²) >= 11 is 0. The van der Waals surface area contributed by atoms with Gasteiger partial charge in [-0.05, 0) is 22.4 Å². The summed E-state index contributed by atoms with van der Waals surface area (Å²) in [5.41, 5.74) is 1.84. The van der Waals surface area contributed by atoms with E-state index in [0.717, 1.165) is 16.3 Å². The van der Waals surface area contributed by atoms with E-state index < -0.39 is 0 Å². The van der Waals surface area contributed by atoms with E-state index in [-0.39, 0.29) is 14.3 Å². The van der Waals surface area contributed by atoms with Crippen molar-refractivity contribution in [3.05, 3.63) is 82.4 Å². The van der Waals surface area contributed by atoms with Gasteiger partial charge in [-0.1, -0.05) is 42.5 Å². The van der Waals surface area contributed by atoms with Crippen LogP contribution < -0.4 is 10.9 Å². The van der Waals surface area contributed by atoms with Gasteiger partial charge in [0, 0.05) is 34.2 Å². The topological polar surface area (TPSA) is 66.9 Å². The summed E-state index contributed by atoms with van der Waals surface area (Å²) in [6, 6.07) is 15.9. The number of carbonyl (C=O) groups is 1. The Hall–Kier alpha value is -3.34. The third-order valence-electron chi connectivity index (χ3n) is 4.46. The number of hydrogen-bond donors (Lipinski definition) is 2. The summed E-state index contributed by atoms with van der Waals surface area (Å²) < 4.78 is 1.42. The molecule has 0 fully saturated rings. The third kappa shape index (κ3) is 2.59. The number of amides is 1. The lowest BCUT2D eigenvalue weighted by molar-refractivity contribution is 0.0952. The van der Waals surface area contributed by atoms with Gasteiger partial charge in [-0.25, -0.2) is 0 Å². The van der Waals surface area contributed by atoms with Crippen molar-refractivity contribution >= 4 is 27.6 Å². The Morgan fingerprint density at radius 2 is 1.92 bits per heavy atom. The predicted molar refractivity (Wildman–Crippen MR) is 103 cm³/mol. The van der Waals surface area contributed by atoms with Crippen molar-refractivity contribution in [3.8, 4) is 0 Å². The van der Waals surface area contributed by atoms with E-state index in [9.17, 15) is 9.59 Å². The van der Waals surface area contributed by atoms with E-state index in [1.807, 2.05) is 30.3 Å². The van der Waals surface area contributed by atoms with E-state index in [1.165, 1.54) is 4.57 Å². The largest absolute Gasteiger partial charge is 0.357 e. The molecule has 2 N–H and O–H groups in total. The lowest BCUT2D eigenvalue weighted by Crippen LogP contribution is -2.26. The van der Waals surface area contributed by atoms with Crippen LogP contribution in [0.4, 0.5) is 0 Å². The molecule has 4 aromatic rings. The fourth-order valence-electron chi connectivity index (χ4n) is 3.17. The molecular weight excluding hydrogens is 314 g/mol. The van der Waals surface area contributed by atoms with Gasteiger partial charge >= 0.3 is 0 Å². The van der Waals surface area contributed by atoms with E-state index in [1.54, 1.807) is 25.5 Å². The Balaban J connectivity index is 0.00000131. The maximum atomic E-state index is 12.7. The van der Waals surface area contributed by atoms with Crippen LogP contribution in [0.1, 0.15) is 18.8 Å². The predicted octanol–water partition coefficient (Wildman–Crippen LogP) is 3.44. The number of aromatic amines is 1. The van der Waals surface area contributed by atoms with Crippen LogP contribution in [0.15, 0.2) is 65.7 Å². The molecule has 0 atom stereocenters. The van der Waals surface area contributed by atoms with Crippen molar-refractivity contribution in [1.82, 2.24) is 14.9 Å². The first kappa shape index (κ1) is 15.2. The van der Waals surface area contributed by atoms with Crippen molar-refractivity contribution in [2.24, 2.45) is 7.05 Å². The van der Waals surface area contributed by atoms with Gasteiger partial charge in [0.2, 0.25) is 0 Å². The van der Waals surface area contributed by atoms with Gasteiger partial charge in [0.15, 0.2) is 0 Å². The van der Waals surface area contributed by atoms with Gasteiger partial charge in [-0.2, -0.15) is 0 Å². The Bertz CT molecular complexity index is 1160. The number of fused-ring (bicyclic) bond motifs is 2. The Morgan fingerprint density at radius 1 is 1.12 bits per heavy atom. The van der Waals surface area contributed by atoms with Gasteiger partial charge in [0.25, 0.3) is 11.5 Å². The molecule has 5 heteroatoms. The SMILES string of the molecule is Cn1cc(C(=O)NCc2cccc3ccccc23)c2cc[nH]c2c1=O.[HH].[HH]. The highest BCUT2D eigenvalue weighted by atomic mass is 16.2. The third-order valence-corrected chi connectivity index (χ3v) is 4.46. The molecule has 0 aliphatic heterocycles. The average Bonchev–Trinajstić information content (AvgIpc) is 3.12. The highest BCUT2D eigenvalue weighted by molar-refractivity contribution is 6.06. The van der Waals surface area contributed by atoms with Crippen molar-refractivity contribution < 1.29 is 7.65 Å². The van der Waals surface area contributed by atoms with Crippen LogP contribution >= 0.6 is 0 Å². The van der Waals surface area contributed by atoms with Crippen LogP contribution in [0.2, 0.25) is 0 Å². The molecule has 0 aliphatic rings. The minimum absolute atomic E-state index is 0. The Morgan fingerprint density at radius 3 is 2.80 bits per heavy atom. The number of benzene rings is 2. The number of carbonyl (C=O) groups excluding carboxylic acids is 1. The summed E-state index contributed by atoms with van der Waals surface area (Å²) in [7, 11) is 1.64. The second-order valence-corrected chi connectivity index (χ2v) is 6.05. The van der Waals surface area contributed by atoms with Gasteiger partial charge < -0.3 is 14.9 Å². The number of aryl methyl sites for hydroxylation is 1. The zero-order chi connectivity index (χ0) is 17.4. The molecule has 0 aliphatic carbocycles. The number of nitrogens with one attached hydrogen (secondary N) is 2. The van der Waals surface area contributed by atoms with Crippen molar-refractivity contribution in [2.75, 3.05) is 0 Å². The fourth-order valence-corrected chi connectivity index (χ4v) is 3.17. The van der Waals surface area contributed by atoms with Crippen LogP contribution in [-0.2, 0) is 13.6 Å². The zero-order valence-corrected chi connectivity index (χ0v) is 13.7. The van der Waals surface area contributed by atoms with Gasteiger partial charge in [0.1, 0.15) is 5.52 Å². The maximum absolute atomic E-state index is 12.7. The van der Waals surface area contributed by atoms with Crippen LogP contribution in [0.3, 0.4) is 0 Å². The Labute approximate surface area is 146 Å². The molecule has 2 aromatic carbocycles. The summed E-state index contributed by atoms with van der Waals surface area (Å²) in [4.78, 5) is 27.7. The molecule has 0 unspecified atom stereocenters. The molecule has 0 radical (unpaired) electrons. The van der Waals surface area contributed by atoms with Gasteiger partial charge in [-0.15, -0.1) is 0 Å². The number of pyridine rings is 1. The second-order valence-electron chi connectivity index (χ2n) is 6.05. The highest BCUT2D eigenvalue weighted by Crippen LogP contribution is 2.19. The van der Waals surface area contributed by atoms with Crippen molar-refractivity contribution in [2.45, 2.75) is 6.54 Å². The fraction of sp³-hybridized carbons (Fsp3) is 0.100. The van der Waals surface area contributed by atoms with E-state index >= 15 is 0 Å². The van der Waals surface area contributed by atoms with E-state index in [0.29, 0.717) is 23.0 Å². The molecule has 1 amide bonds. The maximum Gasteiger partial charge on any atom is 0.274 e. The lowest BCUT2D eigenvalue weighted by Gasteiger charge is -2.10. The van der Waals surface area contributed by atoms with E-state index in [4.69, 9.17) is 0 Å². The molecule has 5 nitrogen and oxygen atoms in total. The summed E-state index contributed by atoms with van der Waals surface area (Å²) in [5.74, 6) is -0.201. The zero-order valence-electron chi connectivity index (χ0n) is 13.7. The molecule has 0 bridgehead atoms. The molecule has 4 rings (SSSR count). The first-order valence-electron chi connectivity index (χ1n) is 8.07. The monoisotopic (exact) mass is 335 g/mol. The van der Waals surface area contributed by atoms with Gasteiger partial charge in [-0.3, -0.25) is 9.59 Å². The lowest BCUT2D eigenvalue weighted by atomic mass is 10.0. The molecule has 2 heterocycles. The molecule has 128 valence electrons. The van der Waals surface area contributed by atoms with Crippen LogP contribution in [0, 0.1) is 0 Å². The molecule has 2 aromatic heterocycles. The van der Waals surface area contributed by atoms with Crippen LogP contribution in [-0.4, -0.2) is 15.5 Å². The minimum Gasteiger partial charge on any atom is -0.357 e. The highest BCUT2D eigenvalue weighted by Gasteiger charge is 2.14. The number of aromatic nitrogens is 2. The molecule has 0 saturated carbocycles. The molecule has 0 spiro atoms.